The van der Waals surface area contributed by atoms with Crippen LogP contribution in [-0.2, 0) is 6.54 Å². The first-order chi connectivity index (χ1) is 13.6. The van der Waals surface area contributed by atoms with E-state index in [1.165, 1.54) is 6.92 Å². The van der Waals surface area contributed by atoms with Crippen molar-refractivity contribution in [2.24, 2.45) is 0 Å². The molecule has 3 aromatic rings. The number of carbonyl (C=O) groups is 2. The minimum absolute atomic E-state index is 0.0827. The van der Waals surface area contributed by atoms with E-state index in [1.807, 2.05) is 10.6 Å². The molecule has 0 radical (unpaired) electrons. The number of Topliss-reactive ketones (excluding diaryl/α,β-unsaturated/α-hetero) is 1. The van der Waals surface area contributed by atoms with Gasteiger partial charge >= 0.3 is 0 Å². The number of nitrogens with one attached hydrogen (secondary N) is 1. The second-order valence-electron chi connectivity index (χ2n) is 6.53. The Morgan fingerprint density at radius 3 is 2.96 bits per heavy atom. The Balaban J connectivity index is 1.73. The Labute approximate surface area is 161 Å². The van der Waals surface area contributed by atoms with Gasteiger partial charge in [-0.1, -0.05) is 12.1 Å². The second kappa shape index (κ2) is 7.59. The van der Waals surface area contributed by atoms with Gasteiger partial charge < -0.3 is 14.6 Å². The number of pyridine rings is 1. The molecule has 142 valence electrons. The molecule has 0 spiro atoms. The maximum atomic E-state index is 12.8. The summed E-state index contributed by atoms with van der Waals surface area (Å²) in [6.45, 7) is 2.64. The molecule has 0 aliphatic carbocycles. The highest BCUT2D eigenvalue weighted by molar-refractivity contribution is 6.07. The van der Waals surface area contributed by atoms with Gasteiger partial charge in [-0.3, -0.25) is 9.59 Å². The predicted molar refractivity (Wildman–Crippen MR) is 102 cm³/mol. The van der Waals surface area contributed by atoms with Crippen LogP contribution in [0.15, 0.2) is 42.7 Å². The van der Waals surface area contributed by atoms with Crippen molar-refractivity contribution in [2.45, 2.75) is 26.3 Å². The summed E-state index contributed by atoms with van der Waals surface area (Å²) in [5.41, 5.74) is 1.50. The second-order valence-corrected chi connectivity index (χ2v) is 6.53. The first-order valence-corrected chi connectivity index (χ1v) is 9.06. The summed E-state index contributed by atoms with van der Waals surface area (Å²) in [5, 5.41) is 10.9. The van der Waals surface area contributed by atoms with Crippen LogP contribution in [0.4, 0.5) is 5.82 Å². The quantitative estimate of drug-likeness (QED) is 0.655. The number of aryl methyl sites for hydroxylation is 1. The molecule has 2 aromatic heterocycles. The van der Waals surface area contributed by atoms with Crippen LogP contribution in [0.3, 0.4) is 0 Å². The van der Waals surface area contributed by atoms with Crippen molar-refractivity contribution in [2.75, 3.05) is 11.9 Å². The predicted octanol–water partition coefficient (Wildman–Crippen LogP) is 2.97. The van der Waals surface area contributed by atoms with Crippen LogP contribution in [0, 0.1) is 0 Å². The van der Waals surface area contributed by atoms with Crippen LogP contribution in [-0.4, -0.2) is 38.0 Å². The molecule has 8 nitrogen and oxygen atoms in total. The molecule has 0 saturated carbocycles. The number of ether oxygens (including phenoxy) is 1. The smallest absolute Gasteiger partial charge is 0.260 e. The standard InChI is InChI=1S/C20H19N5O3/c1-13(26)14-7-8-15-17(11-14)28-10-3-2-9-25-12-21-24-19(25)16-5-4-6-18(22-16)23-20(15)27/h4-8,11-12H,2-3,9-10H2,1H3,(H,22,23,27). The van der Waals surface area contributed by atoms with E-state index < -0.39 is 0 Å². The van der Waals surface area contributed by atoms with E-state index in [9.17, 15) is 9.59 Å². The number of fused-ring (bicyclic) bond motifs is 5. The monoisotopic (exact) mass is 377 g/mol. The van der Waals surface area contributed by atoms with Gasteiger partial charge in [0.1, 0.15) is 23.6 Å². The summed E-state index contributed by atoms with van der Waals surface area (Å²) >= 11 is 0. The molecule has 1 amide bonds. The molecule has 0 atom stereocenters. The SMILES string of the molecule is CC(=O)c1ccc2c(c1)OCCCCn1cnnc1-c1cccc(n1)NC2=O. The van der Waals surface area contributed by atoms with Gasteiger partial charge in [-0.05, 0) is 44.0 Å². The van der Waals surface area contributed by atoms with E-state index in [4.69, 9.17) is 4.74 Å². The van der Waals surface area contributed by atoms with Gasteiger partial charge in [0.25, 0.3) is 5.91 Å². The van der Waals surface area contributed by atoms with Crippen molar-refractivity contribution in [3.8, 4) is 17.3 Å². The molecule has 8 heteroatoms. The molecular weight excluding hydrogens is 358 g/mol. The van der Waals surface area contributed by atoms with E-state index in [0.29, 0.717) is 40.8 Å². The van der Waals surface area contributed by atoms with Gasteiger partial charge in [-0.15, -0.1) is 10.2 Å². The third-order valence-electron chi connectivity index (χ3n) is 4.52. The summed E-state index contributed by atoms with van der Waals surface area (Å²) in [4.78, 5) is 29.0. The zero-order valence-electron chi connectivity index (χ0n) is 15.4. The number of hydrogen-bond donors (Lipinski definition) is 1. The molecule has 1 aliphatic rings. The minimum atomic E-state index is -0.353. The Kier molecular flexibility index (Phi) is 4.84. The molecule has 28 heavy (non-hydrogen) atoms. The molecule has 1 aliphatic heterocycles. The van der Waals surface area contributed by atoms with Crippen LogP contribution in [0.5, 0.6) is 5.75 Å². The summed E-state index contributed by atoms with van der Waals surface area (Å²) < 4.78 is 7.78. The van der Waals surface area contributed by atoms with Crippen LogP contribution in [0.1, 0.15) is 40.5 Å². The largest absolute Gasteiger partial charge is 0.493 e. The number of rotatable bonds is 1. The van der Waals surface area contributed by atoms with Gasteiger partial charge in [0.15, 0.2) is 11.6 Å². The van der Waals surface area contributed by atoms with Crippen LogP contribution >= 0.6 is 0 Å². The number of carbonyl (C=O) groups excluding carboxylic acids is 2. The number of nitrogens with zero attached hydrogens (tertiary/aromatic N) is 4. The fraction of sp³-hybridized carbons (Fsp3) is 0.250. The van der Waals surface area contributed by atoms with Crippen molar-refractivity contribution >= 4 is 17.5 Å². The zero-order valence-corrected chi connectivity index (χ0v) is 15.4. The van der Waals surface area contributed by atoms with Crippen LogP contribution < -0.4 is 10.1 Å². The number of benzene rings is 1. The zero-order chi connectivity index (χ0) is 19.5. The number of ketones is 1. The lowest BCUT2D eigenvalue weighted by Crippen LogP contribution is -2.16. The molecule has 1 N–H and O–H groups in total. The van der Waals surface area contributed by atoms with Gasteiger partial charge in [-0.25, -0.2) is 4.98 Å². The van der Waals surface area contributed by atoms with Crippen molar-refractivity contribution in [3.63, 3.8) is 0 Å². The number of aromatic nitrogens is 4. The van der Waals surface area contributed by atoms with Gasteiger partial charge in [0.2, 0.25) is 0 Å². The Bertz CT molecular complexity index is 1040. The van der Waals surface area contributed by atoms with E-state index in [1.54, 1.807) is 36.7 Å². The van der Waals surface area contributed by atoms with Crippen LogP contribution in [0.25, 0.3) is 11.5 Å². The molecule has 0 fully saturated rings. The summed E-state index contributed by atoms with van der Waals surface area (Å²) in [5.74, 6) is 1.01. The first kappa shape index (κ1) is 17.8. The fourth-order valence-corrected chi connectivity index (χ4v) is 3.04. The third-order valence-corrected chi connectivity index (χ3v) is 4.52. The van der Waals surface area contributed by atoms with E-state index in [2.05, 4.69) is 20.5 Å². The molecule has 3 heterocycles. The lowest BCUT2D eigenvalue weighted by atomic mass is 10.1. The molecule has 2 bridgehead atoms. The van der Waals surface area contributed by atoms with Gasteiger partial charge in [0, 0.05) is 12.1 Å². The average Bonchev–Trinajstić information content (AvgIpc) is 3.15. The number of amides is 1. The summed E-state index contributed by atoms with van der Waals surface area (Å²) in [6.07, 6.45) is 3.29. The van der Waals surface area contributed by atoms with E-state index in [-0.39, 0.29) is 11.7 Å². The summed E-state index contributed by atoms with van der Waals surface area (Å²) in [7, 11) is 0. The van der Waals surface area contributed by atoms with Gasteiger partial charge in [0.05, 0.1) is 12.2 Å². The summed E-state index contributed by atoms with van der Waals surface area (Å²) in [6, 6.07) is 10.2. The molecule has 0 unspecified atom stereocenters. The van der Waals surface area contributed by atoms with E-state index in [0.717, 1.165) is 19.4 Å². The minimum Gasteiger partial charge on any atom is -0.493 e. The lowest BCUT2D eigenvalue weighted by Gasteiger charge is -2.14. The topological polar surface area (TPSA) is 99.0 Å². The Hall–Kier alpha value is -3.55. The van der Waals surface area contributed by atoms with Crippen molar-refractivity contribution in [1.82, 2.24) is 19.7 Å². The molecule has 4 rings (SSSR count). The van der Waals surface area contributed by atoms with Gasteiger partial charge in [-0.2, -0.15) is 0 Å². The average molecular weight is 377 g/mol. The highest BCUT2D eigenvalue weighted by Gasteiger charge is 2.17. The van der Waals surface area contributed by atoms with E-state index >= 15 is 0 Å². The third kappa shape index (κ3) is 3.62. The Morgan fingerprint density at radius 2 is 2.11 bits per heavy atom. The fourth-order valence-electron chi connectivity index (χ4n) is 3.04. The lowest BCUT2D eigenvalue weighted by molar-refractivity contribution is 0.100. The number of hydrogen-bond acceptors (Lipinski definition) is 6. The van der Waals surface area contributed by atoms with Crippen LogP contribution in [0.2, 0.25) is 0 Å². The first-order valence-electron chi connectivity index (χ1n) is 9.06. The molecule has 1 aromatic carbocycles. The van der Waals surface area contributed by atoms with Crippen molar-refractivity contribution in [1.29, 1.82) is 0 Å². The maximum Gasteiger partial charge on any atom is 0.260 e. The Morgan fingerprint density at radius 1 is 1.21 bits per heavy atom. The molecular formula is C20H19N5O3. The maximum absolute atomic E-state index is 12.8. The molecule has 0 saturated heterocycles. The highest BCUT2D eigenvalue weighted by atomic mass is 16.5. The normalized spacial score (nSPS) is 14.1. The van der Waals surface area contributed by atoms with Crippen molar-refractivity contribution in [3.05, 3.63) is 53.9 Å². The van der Waals surface area contributed by atoms with Crippen molar-refractivity contribution < 1.29 is 14.3 Å². The highest BCUT2D eigenvalue weighted by Crippen LogP contribution is 2.24. The number of anilines is 1.